The van der Waals surface area contributed by atoms with E-state index in [2.05, 4.69) is 17.1 Å². The molecule has 0 bridgehead atoms. The van der Waals surface area contributed by atoms with Gasteiger partial charge in [0.15, 0.2) is 0 Å². The Hall–Kier alpha value is 0.230. The maximum absolute atomic E-state index is 9.07. The first kappa shape index (κ1) is 12.7. The first-order valence-corrected chi connectivity index (χ1v) is 6.88. The van der Waals surface area contributed by atoms with Crippen LogP contribution in [0.5, 0.6) is 0 Å². The van der Waals surface area contributed by atoms with E-state index in [1.165, 1.54) is 0 Å². The lowest BCUT2D eigenvalue weighted by atomic mass is 9.88. The van der Waals surface area contributed by atoms with Crippen LogP contribution in [0.2, 0.25) is 0 Å². The molecule has 0 aromatic heterocycles. The van der Waals surface area contributed by atoms with Crippen LogP contribution in [-0.2, 0) is 4.74 Å². The van der Waals surface area contributed by atoms with Gasteiger partial charge in [-0.05, 0) is 44.4 Å². The van der Waals surface area contributed by atoms with Crippen LogP contribution in [0.4, 0.5) is 0 Å². The second kappa shape index (κ2) is 6.24. The first-order valence-electron chi connectivity index (χ1n) is 6.48. The molecular formula is C12H23NO2S. The van der Waals surface area contributed by atoms with E-state index in [0.717, 1.165) is 51.6 Å². The van der Waals surface area contributed by atoms with Gasteiger partial charge in [-0.1, -0.05) is 12.8 Å². The van der Waals surface area contributed by atoms with E-state index in [4.69, 9.17) is 9.84 Å². The van der Waals surface area contributed by atoms with Crippen molar-refractivity contribution in [2.75, 3.05) is 19.7 Å². The van der Waals surface area contributed by atoms with Crippen molar-refractivity contribution in [2.24, 2.45) is 5.92 Å². The SMILES string of the molecule is OCC1CCC(OC2CCN(S)CC2)CC1. The highest BCUT2D eigenvalue weighted by Gasteiger charge is 2.25. The number of nitrogens with zero attached hydrogens (tertiary/aromatic N) is 1. The summed E-state index contributed by atoms with van der Waals surface area (Å²) in [4.78, 5) is 0. The van der Waals surface area contributed by atoms with Gasteiger partial charge in [0, 0.05) is 19.7 Å². The summed E-state index contributed by atoms with van der Waals surface area (Å²) < 4.78 is 8.20. The average molecular weight is 245 g/mol. The molecule has 2 rings (SSSR count). The Bertz CT molecular complexity index is 199. The van der Waals surface area contributed by atoms with Crippen molar-refractivity contribution in [3.8, 4) is 0 Å². The quantitative estimate of drug-likeness (QED) is 0.745. The summed E-state index contributed by atoms with van der Waals surface area (Å²) in [6.07, 6.45) is 7.64. The van der Waals surface area contributed by atoms with E-state index in [1.54, 1.807) is 0 Å². The molecule has 0 amide bonds. The lowest BCUT2D eigenvalue weighted by Crippen LogP contribution is -2.35. The topological polar surface area (TPSA) is 32.7 Å². The second-order valence-corrected chi connectivity index (χ2v) is 5.68. The number of aliphatic hydroxyl groups is 1. The third-order valence-electron chi connectivity index (χ3n) is 3.86. The molecule has 0 spiro atoms. The van der Waals surface area contributed by atoms with Gasteiger partial charge in [-0.25, -0.2) is 0 Å². The second-order valence-electron chi connectivity index (χ2n) is 5.11. The number of hydrogen-bond acceptors (Lipinski definition) is 4. The van der Waals surface area contributed by atoms with Crippen LogP contribution in [-0.4, -0.2) is 41.3 Å². The molecule has 3 nitrogen and oxygen atoms in total. The molecule has 2 fully saturated rings. The van der Waals surface area contributed by atoms with E-state index in [-0.39, 0.29) is 0 Å². The van der Waals surface area contributed by atoms with Gasteiger partial charge in [0.25, 0.3) is 0 Å². The van der Waals surface area contributed by atoms with Crippen LogP contribution in [0, 0.1) is 5.92 Å². The molecule has 1 aliphatic carbocycles. The summed E-state index contributed by atoms with van der Waals surface area (Å²) in [5, 5.41) is 9.07. The fraction of sp³-hybridized carbons (Fsp3) is 1.00. The van der Waals surface area contributed by atoms with Crippen molar-refractivity contribution < 1.29 is 9.84 Å². The van der Waals surface area contributed by atoms with Crippen LogP contribution in [0.15, 0.2) is 0 Å². The molecular weight excluding hydrogens is 222 g/mol. The van der Waals surface area contributed by atoms with E-state index in [0.29, 0.717) is 24.7 Å². The molecule has 1 aliphatic heterocycles. The first-order chi connectivity index (χ1) is 7.78. The Morgan fingerprint density at radius 3 is 2.12 bits per heavy atom. The van der Waals surface area contributed by atoms with Crippen molar-refractivity contribution in [1.82, 2.24) is 4.31 Å². The molecule has 1 saturated heterocycles. The van der Waals surface area contributed by atoms with Gasteiger partial charge < -0.3 is 9.84 Å². The van der Waals surface area contributed by atoms with Gasteiger partial charge in [-0.15, -0.1) is 0 Å². The molecule has 2 aliphatic rings. The highest BCUT2D eigenvalue weighted by Crippen LogP contribution is 2.28. The molecule has 94 valence electrons. The van der Waals surface area contributed by atoms with Crippen LogP contribution in [0.1, 0.15) is 38.5 Å². The number of aliphatic hydroxyl groups excluding tert-OH is 1. The van der Waals surface area contributed by atoms with Crippen molar-refractivity contribution in [3.05, 3.63) is 0 Å². The minimum absolute atomic E-state index is 0.352. The highest BCUT2D eigenvalue weighted by atomic mass is 32.1. The Balaban J connectivity index is 1.66. The predicted octanol–water partition coefficient (Wildman–Crippen LogP) is 1.86. The number of piperidine rings is 1. The van der Waals surface area contributed by atoms with Gasteiger partial charge in [0.2, 0.25) is 0 Å². The fourth-order valence-electron chi connectivity index (χ4n) is 2.70. The smallest absolute Gasteiger partial charge is 0.0604 e. The maximum atomic E-state index is 9.07. The molecule has 4 heteroatoms. The zero-order valence-electron chi connectivity index (χ0n) is 9.85. The summed E-state index contributed by atoms with van der Waals surface area (Å²) in [7, 11) is 0. The Morgan fingerprint density at radius 1 is 1.00 bits per heavy atom. The molecule has 0 unspecified atom stereocenters. The minimum Gasteiger partial charge on any atom is -0.396 e. The van der Waals surface area contributed by atoms with Gasteiger partial charge >= 0.3 is 0 Å². The van der Waals surface area contributed by atoms with Crippen LogP contribution < -0.4 is 0 Å². The van der Waals surface area contributed by atoms with Crippen molar-refractivity contribution in [3.63, 3.8) is 0 Å². The summed E-state index contributed by atoms with van der Waals surface area (Å²) in [5.74, 6) is 0.527. The van der Waals surface area contributed by atoms with Gasteiger partial charge in [-0.2, -0.15) is 0 Å². The van der Waals surface area contributed by atoms with Crippen molar-refractivity contribution >= 4 is 12.8 Å². The molecule has 16 heavy (non-hydrogen) atoms. The summed E-state index contributed by atoms with van der Waals surface area (Å²) in [5.41, 5.74) is 0. The normalized spacial score (nSPS) is 34.1. The standard InChI is InChI=1S/C12H23NO2S/c14-9-10-1-3-11(4-2-10)15-12-5-7-13(16)8-6-12/h10-12,14,16H,1-9H2. The largest absolute Gasteiger partial charge is 0.396 e. The molecule has 0 aromatic carbocycles. The number of rotatable bonds is 3. The predicted molar refractivity (Wildman–Crippen MR) is 67.5 cm³/mol. The van der Waals surface area contributed by atoms with Gasteiger partial charge in [0.05, 0.1) is 12.2 Å². The summed E-state index contributed by atoms with van der Waals surface area (Å²) in [6, 6.07) is 0. The Labute approximate surface area is 104 Å². The van der Waals surface area contributed by atoms with Crippen LogP contribution in [0.3, 0.4) is 0 Å². The average Bonchev–Trinajstić information content (AvgIpc) is 2.33. The summed E-state index contributed by atoms with van der Waals surface area (Å²) in [6.45, 7) is 2.43. The van der Waals surface area contributed by atoms with Gasteiger partial charge in [0.1, 0.15) is 0 Å². The highest BCUT2D eigenvalue weighted by molar-refractivity contribution is 7.77. The zero-order chi connectivity index (χ0) is 11.4. The third-order valence-corrected chi connectivity index (χ3v) is 4.26. The molecule has 1 heterocycles. The number of hydrogen-bond donors (Lipinski definition) is 2. The Morgan fingerprint density at radius 2 is 1.56 bits per heavy atom. The lowest BCUT2D eigenvalue weighted by molar-refractivity contribution is -0.0560. The van der Waals surface area contributed by atoms with Crippen LogP contribution in [0.25, 0.3) is 0 Å². The third kappa shape index (κ3) is 3.62. The lowest BCUT2D eigenvalue weighted by Gasteiger charge is -2.34. The van der Waals surface area contributed by atoms with E-state index < -0.39 is 0 Å². The van der Waals surface area contributed by atoms with E-state index >= 15 is 0 Å². The monoisotopic (exact) mass is 245 g/mol. The Kier molecular flexibility index (Phi) is 4.95. The molecule has 1 N–H and O–H groups in total. The molecule has 0 radical (unpaired) electrons. The number of thiol groups is 1. The zero-order valence-corrected chi connectivity index (χ0v) is 10.7. The van der Waals surface area contributed by atoms with E-state index in [1.807, 2.05) is 0 Å². The van der Waals surface area contributed by atoms with Crippen molar-refractivity contribution in [1.29, 1.82) is 0 Å². The molecule has 1 saturated carbocycles. The maximum Gasteiger partial charge on any atom is 0.0604 e. The van der Waals surface area contributed by atoms with Gasteiger partial charge in [-0.3, -0.25) is 4.31 Å². The van der Waals surface area contributed by atoms with Crippen molar-refractivity contribution in [2.45, 2.75) is 50.7 Å². The minimum atomic E-state index is 0.352. The van der Waals surface area contributed by atoms with Crippen LogP contribution >= 0.6 is 12.8 Å². The number of ether oxygens (including phenoxy) is 1. The molecule has 0 atom stereocenters. The summed E-state index contributed by atoms with van der Waals surface area (Å²) >= 11 is 4.34. The molecule has 0 aromatic rings. The fourth-order valence-corrected chi connectivity index (χ4v) is 2.93. The van der Waals surface area contributed by atoms with E-state index in [9.17, 15) is 0 Å².